The molecule has 5 heteroatoms. The van der Waals surface area contributed by atoms with Crippen LogP contribution in [0.3, 0.4) is 0 Å². The minimum absolute atomic E-state index is 0.605. The minimum atomic E-state index is 0.605. The molecule has 0 saturated carbocycles. The number of rotatable bonds is 6. The highest BCUT2D eigenvalue weighted by atomic mass is 32.1. The Labute approximate surface area is 224 Å². The molecule has 2 heterocycles. The van der Waals surface area contributed by atoms with Crippen LogP contribution in [0.5, 0.6) is 10.4 Å². The van der Waals surface area contributed by atoms with Crippen molar-refractivity contribution in [2.45, 2.75) is 13.8 Å². The van der Waals surface area contributed by atoms with Crippen LogP contribution in [0.2, 0.25) is 0 Å². The molecule has 180 valence electrons. The average molecular weight is 517 g/mol. The molecule has 0 spiro atoms. The standard InChI is InChI=1S/C32H24N2OS2/c1-21-3-7-23(8-4-21)11-13-25-15-17-27-29(19-25)36-31(33-27)35-32-34-28-18-16-26(20-30(28)37-32)14-12-24-9-5-22(2)6-10-24/h3-20H,1-2H3/b13-11+,14-12+. The van der Waals surface area contributed by atoms with Crippen LogP contribution >= 0.6 is 22.7 Å². The number of fused-ring (bicyclic) bond motifs is 2. The second-order valence-corrected chi connectivity index (χ2v) is 11.0. The van der Waals surface area contributed by atoms with Crippen LogP contribution in [0.15, 0.2) is 84.9 Å². The van der Waals surface area contributed by atoms with E-state index in [0.717, 1.165) is 31.6 Å². The molecule has 4 aromatic carbocycles. The zero-order valence-corrected chi connectivity index (χ0v) is 22.1. The van der Waals surface area contributed by atoms with Gasteiger partial charge in [-0.1, -0.05) is 119 Å². The van der Waals surface area contributed by atoms with E-state index in [2.05, 4.69) is 121 Å². The zero-order valence-electron chi connectivity index (χ0n) is 20.5. The van der Waals surface area contributed by atoms with Crippen molar-refractivity contribution < 1.29 is 4.74 Å². The van der Waals surface area contributed by atoms with Crippen molar-refractivity contribution in [2.75, 3.05) is 0 Å². The smallest absolute Gasteiger partial charge is 0.281 e. The van der Waals surface area contributed by atoms with E-state index in [1.54, 1.807) is 0 Å². The fourth-order valence-corrected chi connectivity index (χ4v) is 5.73. The summed E-state index contributed by atoms with van der Waals surface area (Å²) in [6.07, 6.45) is 8.51. The van der Waals surface area contributed by atoms with Gasteiger partial charge in [-0.3, -0.25) is 0 Å². The van der Waals surface area contributed by atoms with E-state index in [1.165, 1.54) is 44.9 Å². The molecule has 0 aliphatic rings. The van der Waals surface area contributed by atoms with E-state index in [1.807, 2.05) is 12.1 Å². The summed E-state index contributed by atoms with van der Waals surface area (Å²) in [5.41, 5.74) is 9.02. The summed E-state index contributed by atoms with van der Waals surface area (Å²) >= 11 is 3.08. The first kappa shape index (κ1) is 23.3. The normalized spacial score (nSPS) is 11.8. The summed E-state index contributed by atoms with van der Waals surface area (Å²) in [5, 5.41) is 1.21. The second-order valence-electron chi connectivity index (χ2n) is 9.00. The summed E-state index contributed by atoms with van der Waals surface area (Å²) < 4.78 is 8.27. The van der Waals surface area contributed by atoms with Gasteiger partial charge in [-0.25, -0.2) is 9.97 Å². The molecule has 6 rings (SSSR count). The van der Waals surface area contributed by atoms with Crippen molar-refractivity contribution in [1.29, 1.82) is 0 Å². The van der Waals surface area contributed by atoms with Crippen LogP contribution in [0, 0.1) is 13.8 Å². The first-order valence-electron chi connectivity index (χ1n) is 12.1. The number of nitrogens with zero attached hydrogens (tertiary/aromatic N) is 2. The maximum atomic E-state index is 6.09. The number of aryl methyl sites for hydroxylation is 2. The summed E-state index contributed by atoms with van der Waals surface area (Å²) in [5.74, 6) is 0. The Morgan fingerprint density at radius 2 is 0.892 bits per heavy atom. The largest absolute Gasteiger partial charge is 0.402 e. The van der Waals surface area contributed by atoms with Crippen LogP contribution in [-0.4, -0.2) is 9.97 Å². The van der Waals surface area contributed by atoms with E-state index < -0.39 is 0 Å². The Hall–Kier alpha value is -4.06. The Morgan fingerprint density at radius 3 is 1.32 bits per heavy atom. The summed E-state index contributed by atoms with van der Waals surface area (Å²) in [6.45, 7) is 4.20. The van der Waals surface area contributed by atoms with E-state index in [-0.39, 0.29) is 0 Å². The first-order chi connectivity index (χ1) is 18.1. The van der Waals surface area contributed by atoms with E-state index in [9.17, 15) is 0 Å². The molecule has 0 bridgehead atoms. The third kappa shape index (κ3) is 5.53. The van der Waals surface area contributed by atoms with Crippen molar-refractivity contribution in [2.24, 2.45) is 0 Å². The molecule has 0 atom stereocenters. The maximum Gasteiger partial charge on any atom is 0.281 e. The second kappa shape index (κ2) is 10.1. The van der Waals surface area contributed by atoms with Gasteiger partial charge in [-0.05, 0) is 60.4 Å². The lowest BCUT2D eigenvalue weighted by Crippen LogP contribution is -1.80. The Bertz CT molecular complexity index is 1630. The predicted molar refractivity (Wildman–Crippen MR) is 160 cm³/mol. The molecule has 0 saturated heterocycles. The molecular weight excluding hydrogens is 492 g/mol. The van der Waals surface area contributed by atoms with Crippen LogP contribution < -0.4 is 4.74 Å². The SMILES string of the molecule is Cc1ccc(/C=C/c2ccc3nc(Oc4nc5ccc(/C=C/c6ccc(C)cc6)cc5s4)sc3c2)cc1. The summed E-state index contributed by atoms with van der Waals surface area (Å²) in [7, 11) is 0. The van der Waals surface area contributed by atoms with Gasteiger partial charge in [0, 0.05) is 0 Å². The molecule has 0 fully saturated rings. The van der Waals surface area contributed by atoms with Crippen LogP contribution in [0.1, 0.15) is 33.4 Å². The Morgan fingerprint density at radius 1 is 0.514 bits per heavy atom. The third-order valence-electron chi connectivity index (χ3n) is 6.05. The van der Waals surface area contributed by atoms with Gasteiger partial charge < -0.3 is 4.74 Å². The van der Waals surface area contributed by atoms with Crippen molar-refractivity contribution >= 4 is 67.4 Å². The highest BCUT2D eigenvalue weighted by Gasteiger charge is 2.11. The monoisotopic (exact) mass is 516 g/mol. The summed E-state index contributed by atoms with van der Waals surface area (Å²) in [6, 6.07) is 29.6. The zero-order chi connectivity index (χ0) is 25.2. The Kier molecular flexibility index (Phi) is 6.39. The molecule has 0 N–H and O–H groups in total. The lowest BCUT2D eigenvalue weighted by molar-refractivity contribution is 0.478. The number of ether oxygens (including phenoxy) is 1. The van der Waals surface area contributed by atoms with Crippen LogP contribution in [0.4, 0.5) is 0 Å². The lowest BCUT2D eigenvalue weighted by Gasteiger charge is -1.96. The first-order valence-corrected chi connectivity index (χ1v) is 13.7. The molecule has 0 aliphatic heterocycles. The van der Waals surface area contributed by atoms with Gasteiger partial charge in [-0.15, -0.1) is 0 Å². The average Bonchev–Trinajstić information content (AvgIpc) is 3.50. The molecule has 0 radical (unpaired) electrons. The molecule has 0 unspecified atom stereocenters. The van der Waals surface area contributed by atoms with Gasteiger partial charge in [0.15, 0.2) is 0 Å². The van der Waals surface area contributed by atoms with Crippen LogP contribution in [-0.2, 0) is 0 Å². The minimum Gasteiger partial charge on any atom is -0.402 e. The van der Waals surface area contributed by atoms with Gasteiger partial charge >= 0.3 is 0 Å². The molecule has 37 heavy (non-hydrogen) atoms. The highest BCUT2D eigenvalue weighted by molar-refractivity contribution is 7.21. The van der Waals surface area contributed by atoms with Crippen molar-refractivity contribution in [1.82, 2.24) is 9.97 Å². The molecule has 2 aromatic heterocycles. The highest BCUT2D eigenvalue weighted by Crippen LogP contribution is 2.36. The van der Waals surface area contributed by atoms with Crippen LogP contribution in [0.25, 0.3) is 44.7 Å². The fraction of sp³-hybridized carbons (Fsp3) is 0.0625. The Balaban J connectivity index is 1.18. The van der Waals surface area contributed by atoms with Crippen molar-refractivity contribution in [3.05, 3.63) is 118 Å². The van der Waals surface area contributed by atoms with Gasteiger partial charge in [0.25, 0.3) is 10.4 Å². The van der Waals surface area contributed by atoms with E-state index in [0.29, 0.717) is 10.4 Å². The lowest BCUT2D eigenvalue weighted by atomic mass is 10.1. The maximum absolute atomic E-state index is 6.09. The summed E-state index contributed by atoms with van der Waals surface area (Å²) in [4.78, 5) is 9.32. The molecule has 0 amide bonds. The predicted octanol–water partition coefficient (Wildman–Crippen LogP) is 9.66. The number of aromatic nitrogens is 2. The molecule has 3 nitrogen and oxygen atoms in total. The number of thiazole rings is 2. The molecule has 0 aliphatic carbocycles. The third-order valence-corrected chi connectivity index (χ3v) is 7.84. The molecular formula is C32H24N2OS2. The topological polar surface area (TPSA) is 35.0 Å². The van der Waals surface area contributed by atoms with Crippen molar-refractivity contribution in [3.8, 4) is 10.4 Å². The van der Waals surface area contributed by atoms with Gasteiger partial charge in [-0.2, -0.15) is 0 Å². The number of benzene rings is 4. The fourth-order valence-electron chi connectivity index (χ4n) is 3.95. The number of hydrogen-bond donors (Lipinski definition) is 0. The number of hydrogen-bond acceptors (Lipinski definition) is 5. The molecule has 6 aromatic rings. The van der Waals surface area contributed by atoms with Gasteiger partial charge in [0.2, 0.25) is 0 Å². The van der Waals surface area contributed by atoms with E-state index in [4.69, 9.17) is 4.74 Å². The van der Waals surface area contributed by atoms with E-state index >= 15 is 0 Å². The van der Waals surface area contributed by atoms with Crippen molar-refractivity contribution in [3.63, 3.8) is 0 Å². The quantitative estimate of drug-likeness (QED) is 0.207. The van der Waals surface area contributed by atoms with Gasteiger partial charge in [0.1, 0.15) is 0 Å². The van der Waals surface area contributed by atoms with Gasteiger partial charge in [0.05, 0.1) is 20.4 Å².